The first-order chi connectivity index (χ1) is 5.41. The van der Waals surface area contributed by atoms with Crippen molar-refractivity contribution in [2.75, 3.05) is 23.3 Å². The molecule has 0 fully saturated rings. The summed E-state index contributed by atoms with van der Waals surface area (Å²) in [6.07, 6.45) is 8.07. The van der Waals surface area contributed by atoms with Crippen LogP contribution < -0.4 is 0 Å². The van der Waals surface area contributed by atoms with Gasteiger partial charge in [0.25, 0.3) is 0 Å². The molecule has 0 rings (SSSR count). The first-order valence-electron chi connectivity index (χ1n) is 3.41. The van der Waals surface area contributed by atoms with Gasteiger partial charge in [-0.1, -0.05) is 24.3 Å². The van der Waals surface area contributed by atoms with E-state index in [1.54, 1.807) is 0 Å². The molecule has 0 aromatic rings. The van der Waals surface area contributed by atoms with E-state index < -0.39 is 0 Å². The fraction of sp³-hybridized carbons (Fsp3) is 0.500. The lowest BCUT2D eigenvalue weighted by molar-refractivity contribution is 1.62. The number of alkyl halides is 2. The van der Waals surface area contributed by atoms with Gasteiger partial charge in [-0.3, -0.25) is 0 Å². The summed E-state index contributed by atoms with van der Waals surface area (Å²) < 4.78 is 0. The quantitative estimate of drug-likeness (QED) is 0.369. The molecule has 0 unspecified atom stereocenters. The fourth-order valence-electron chi connectivity index (χ4n) is 0.466. The van der Waals surface area contributed by atoms with Gasteiger partial charge in [-0.05, 0) is 0 Å². The molecule has 0 bridgehead atoms. The second-order valence-electron chi connectivity index (χ2n) is 1.79. The number of halogens is 2. The van der Waals surface area contributed by atoms with Gasteiger partial charge in [0.15, 0.2) is 0 Å². The molecule has 0 aliphatic heterocycles. The van der Waals surface area contributed by atoms with Gasteiger partial charge in [-0.25, -0.2) is 0 Å². The summed E-state index contributed by atoms with van der Waals surface area (Å²) >= 11 is 12.7. The van der Waals surface area contributed by atoms with Crippen LogP contribution in [0, 0.1) is 0 Å². The Bertz CT molecular complexity index is 107. The predicted octanol–water partition coefficient (Wildman–Crippen LogP) is 3.31. The molecule has 0 amide bonds. The normalized spacial score (nSPS) is 11.8. The Balaban J connectivity index is 3.02. The van der Waals surface area contributed by atoms with Crippen LogP contribution in [-0.2, 0) is 0 Å². The van der Waals surface area contributed by atoms with Crippen molar-refractivity contribution in [2.45, 2.75) is 0 Å². The van der Waals surface area contributed by atoms with Crippen LogP contribution in [0.1, 0.15) is 0 Å². The van der Waals surface area contributed by atoms with Crippen LogP contribution >= 0.6 is 35.0 Å². The van der Waals surface area contributed by atoms with Crippen LogP contribution in [0.5, 0.6) is 0 Å². The van der Waals surface area contributed by atoms with E-state index in [1.165, 1.54) is 0 Å². The minimum Gasteiger partial charge on any atom is -0.154 e. The Hall–Kier alpha value is 0.410. The highest BCUT2D eigenvalue weighted by molar-refractivity contribution is 7.99. The van der Waals surface area contributed by atoms with Gasteiger partial charge < -0.3 is 0 Å². The summed E-state index contributed by atoms with van der Waals surface area (Å²) in [5.74, 6) is 3.27. The zero-order valence-corrected chi connectivity index (χ0v) is 8.63. The third kappa shape index (κ3) is 10.4. The average molecular weight is 211 g/mol. The summed E-state index contributed by atoms with van der Waals surface area (Å²) in [4.78, 5) is 0. The van der Waals surface area contributed by atoms with Gasteiger partial charge in [0, 0.05) is 23.3 Å². The molecule has 0 aromatic heterocycles. The number of allylic oxidation sites excluding steroid dienone is 2. The summed E-state index contributed by atoms with van der Waals surface area (Å²) in [5, 5.41) is 0. The predicted molar refractivity (Wildman–Crippen MR) is 57.0 cm³/mol. The van der Waals surface area contributed by atoms with Crippen molar-refractivity contribution >= 4 is 35.0 Å². The van der Waals surface area contributed by atoms with E-state index in [0.29, 0.717) is 11.8 Å². The van der Waals surface area contributed by atoms with Crippen LogP contribution in [0.4, 0.5) is 0 Å². The lowest BCUT2D eigenvalue weighted by atomic mass is 10.6. The molecule has 0 aliphatic carbocycles. The van der Waals surface area contributed by atoms with E-state index in [0.717, 1.165) is 11.5 Å². The van der Waals surface area contributed by atoms with Gasteiger partial charge >= 0.3 is 0 Å². The van der Waals surface area contributed by atoms with Crippen molar-refractivity contribution in [3.05, 3.63) is 24.3 Å². The molecule has 0 aliphatic rings. The Labute approximate surface area is 82.6 Å². The van der Waals surface area contributed by atoms with Crippen LogP contribution in [0.25, 0.3) is 0 Å². The maximum atomic E-state index is 5.44. The molecular weight excluding hydrogens is 199 g/mol. The monoisotopic (exact) mass is 210 g/mol. The molecule has 0 nitrogen and oxygen atoms in total. The van der Waals surface area contributed by atoms with Crippen LogP contribution in [0.15, 0.2) is 24.3 Å². The highest BCUT2D eigenvalue weighted by Gasteiger charge is 1.78. The Kier molecular flexibility index (Phi) is 10.8. The number of hydrogen-bond donors (Lipinski definition) is 0. The molecule has 0 saturated carbocycles. The zero-order chi connectivity index (χ0) is 8.36. The van der Waals surface area contributed by atoms with Gasteiger partial charge in [-0.15, -0.1) is 23.2 Å². The molecule has 3 heteroatoms. The van der Waals surface area contributed by atoms with Crippen molar-refractivity contribution in [3.63, 3.8) is 0 Å². The fourth-order valence-corrected chi connectivity index (χ4v) is 1.40. The summed E-state index contributed by atoms with van der Waals surface area (Å²) in [5.41, 5.74) is 0. The third-order valence-electron chi connectivity index (χ3n) is 0.940. The molecule has 64 valence electrons. The van der Waals surface area contributed by atoms with Crippen LogP contribution in [0.2, 0.25) is 0 Å². The summed E-state index contributed by atoms with van der Waals surface area (Å²) in [7, 11) is 0. The molecule has 0 N–H and O–H groups in total. The molecule has 0 radical (unpaired) electrons. The van der Waals surface area contributed by atoms with Crippen molar-refractivity contribution in [3.8, 4) is 0 Å². The van der Waals surface area contributed by atoms with Crippen molar-refractivity contribution in [1.82, 2.24) is 0 Å². The molecule has 0 spiro atoms. The smallest absolute Gasteiger partial charge is 0.0404 e. The number of rotatable bonds is 6. The lowest BCUT2D eigenvalue weighted by Gasteiger charge is -1.89. The van der Waals surface area contributed by atoms with E-state index in [2.05, 4.69) is 12.2 Å². The molecule has 0 heterocycles. The first kappa shape index (κ1) is 11.4. The average Bonchev–Trinajstić information content (AvgIpc) is 2.03. The van der Waals surface area contributed by atoms with E-state index in [1.807, 2.05) is 23.9 Å². The van der Waals surface area contributed by atoms with Crippen molar-refractivity contribution in [2.24, 2.45) is 0 Å². The zero-order valence-electron chi connectivity index (χ0n) is 6.30. The largest absolute Gasteiger partial charge is 0.154 e. The Morgan fingerprint density at radius 3 is 1.64 bits per heavy atom. The summed E-state index contributed by atoms with van der Waals surface area (Å²) in [6, 6.07) is 0. The molecule has 0 saturated heterocycles. The van der Waals surface area contributed by atoms with E-state index in [9.17, 15) is 0 Å². The molecule has 0 atom stereocenters. The minimum absolute atomic E-state index is 0.609. The molecule has 0 aromatic carbocycles. The van der Waals surface area contributed by atoms with Gasteiger partial charge in [0.1, 0.15) is 0 Å². The van der Waals surface area contributed by atoms with Crippen molar-refractivity contribution in [1.29, 1.82) is 0 Å². The lowest BCUT2D eigenvalue weighted by Crippen LogP contribution is -1.75. The standard InChI is InChI=1S/C8H12Cl2S/c9-5-1-3-7-11-8-4-2-6-10/h1-4H,5-8H2/b3-1+,4-2+. The van der Waals surface area contributed by atoms with Gasteiger partial charge in [0.05, 0.1) is 0 Å². The first-order valence-corrected chi connectivity index (χ1v) is 5.64. The van der Waals surface area contributed by atoms with Gasteiger partial charge in [-0.2, -0.15) is 11.8 Å². The third-order valence-corrected chi connectivity index (χ3v) is 2.15. The highest BCUT2D eigenvalue weighted by atomic mass is 35.5. The SMILES string of the molecule is ClC/C=C/CSC/C=C/CCl. The number of hydrogen-bond acceptors (Lipinski definition) is 1. The maximum Gasteiger partial charge on any atom is 0.0404 e. The Morgan fingerprint density at radius 1 is 0.818 bits per heavy atom. The second-order valence-corrected chi connectivity index (χ2v) is 3.48. The minimum atomic E-state index is 0.609. The van der Waals surface area contributed by atoms with Crippen LogP contribution in [-0.4, -0.2) is 23.3 Å². The van der Waals surface area contributed by atoms with E-state index in [-0.39, 0.29) is 0 Å². The Morgan fingerprint density at radius 2 is 1.27 bits per heavy atom. The molecular formula is C8H12Cl2S. The van der Waals surface area contributed by atoms with Gasteiger partial charge in [0.2, 0.25) is 0 Å². The van der Waals surface area contributed by atoms with Crippen molar-refractivity contribution < 1.29 is 0 Å². The highest BCUT2D eigenvalue weighted by Crippen LogP contribution is 2.00. The maximum absolute atomic E-state index is 5.44. The molecule has 11 heavy (non-hydrogen) atoms. The van der Waals surface area contributed by atoms with E-state index in [4.69, 9.17) is 23.2 Å². The number of thioether (sulfide) groups is 1. The topological polar surface area (TPSA) is 0 Å². The van der Waals surface area contributed by atoms with Crippen LogP contribution in [0.3, 0.4) is 0 Å². The second kappa shape index (κ2) is 10.4. The summed E-state index contributed by atoms with van der Waals surface area (Å²) in [6.45, 7) is 0. The van der Waals surface area contributed by atoms with E-state index >= 15 is 0 Å².